The Bertz CT molecular complexity index is 584. The molecule has 0 spiro atoms. The Balaban J connectivity index is 1.66. The molecule has 0 aromatic carbocycles. The van der Waals surface area contributed by atoms with E-state index < -0.39 is 0 Å². The van der Waals surface area contributed by atoms with E-state index in [-0.39, 0.29) is 10.5 Å². The lowest BCUT2D eigenvalue weighted by Crippen LogP contribution is -2.26. The topological polar surface area (TPSA) is 43.8 Å². The van der Waals surface area contributed by atoms with Crippen molar-refractivity contribution in [1.82, 2.24) is 14.9 Å². The lowest BCUT2D eigenvalue weighted by Gasteiger charge is -2.13. The van der Waals surface area contributed by atoms with E-state index in [2.05, 4.69) is 26.1 Å². The van der Waals surface area contributed by atoms with E-state index in [0.29, 0.717) is 6.04 Å². The second-order valence-corrected chi connectivity index (χ2v) is 7.09. The fourth-order valence-electron chi connectivity index (χ4n) is 1.92. The van der Waals surface area contributed by atoms with Crippen LogP contribution < -0.4 is 5.32 Å². The molecule has 0 radical (unpaired) electrons. The second kappa shape index (κ2) is 3.83. The third-order valence-corrected chi connectivity index (χ3v) is 5.84. The van der Waals surface area contributed by atoms with Gasteiger partial charge in [0.25, 0.3) is 0 Å². The summed E-state index contributed by atoms with van der Waals surface area (Å²) in [6, 6.07) is 0.660. The standard InChI is InChI=1S/C11H13N5S2/c1-15-7-12-16-4-5-18(11(15)16)9-6-17-10(14-9)13-8-2-3-8/h4-8H,2-3H2,1H3,(H,13,14). The number of thiazole rings is 1. The lowest BCUT2D eigenvalue weighted by molar-refractivity contribution is 0.602. The zero-order valence-electron chi connectivity index (χ0n) is 9.91. The first-order chi connectivity index (χ1) is 8.81. The number of aromatic nitrogens is 1. The highest BCUT2D eigenvalue weighted by Gasteiger charge is 2.27. The summed E-state index contributed by atoms with van der Waals surface area (Å²) in [5.41, 5.74) is 0. The number of fused-ring (bicyclic) bond motifs is 1. The van der Waals surface area contributed by atoms with Crippen molar-refractivity contribution in [3.63, 3.8) is 0 Å². The van der Waals surface area contributed by atoms with Crippen LogP contribution in [0.1, 0.15) is 12.8 Å². The number of anilines is 1. The van der Waals surface area contributed by atoms with Crippen molar-refractivity contribution in [3.05, 3.63) is 17.0 Å². The van der Waals surface area contributed by atoms with Gasteiger partial charge in [0.15, 0.2) is 10.2 Å². The van der Waals surface area contributed by atoms with Gasteiger partial charge in [-0.3, -0.25) is 0 Å². The van der Waals surface area contributed by atoms with Gasteiger partial charge >= 0.3 is 0 Å². The van der Waals surface area contributed by atoms with Crippen LogP contribution in [0.3, 0.4) is 0 Å². The second-order valence-electron chi connectivity index (χ2n) is 4.50. The predicted molar refractivity (Wildman–Crippen MR) is 76.9 cm³/mol. The first kappa shape index (κ1) is 10.6. The number of nitrogens with zero attached hydrogens (tertiary/aromatic N) is 4. The minimum absolute atomic E-state index is 0.0775. The maximum Gasteiger partial charge on any atom is 0.183 e. The van der Waals surface area contributed by atoms with Gasteiger partial charge in [0.1, 0.15) is 11.4 Å². The van der Waals surface area contributed by atoms with Crippen molar-refractivity contribution < 1.29 is 0 Å². The molecule has 3 aliphatic rings. The van der Waals surface area contributed by atoms with E-state index in [1.54, 1.807) is 11.3 Å². The molecule has 94 valence electrons. The van der Waals surface area contributed by atoms with Gasteiger partial charge in [-0.15, -0.1) is 11.3 Å². The van der Waals surface area contributed by atoms with Crippen LogP contribution in [-0.2, 0) is 0 Å². The number of nitrogens with one attached hydrogen (secondary N) is 1. The molecule has 4 rings (SSSR count). The molecule has 1 unspecified atom stereocenters. The molecule has 0 amide bonds. The summed E-state index contributed by atoms with van der Waals surface area (Å²) >= 11 is 1.70. The lowest BCUT2D eigenvalue weighted by atomic mass is 10.7. The van der Waals surface area contributed by atoms with Crippen LogP contribution in [0.25, 0.3) is 0 Å². The van der Waals surface area contributed by atoms with Crippen molar-refractivity contribution in [1.29, 1.82) is 0 Å². The van der Waals surface area contributed by atoms with Gasteiger partial charge in [-0.1, -0.05) is 10.5 Å². The summed E-state index contributed by atoms with van der Waals surface area (Å²) in [5.74, 6) is 0. The fourth-order valence-corrected chi connectivity index (χ4v) is 4.73. The van der Waals surface area contributed by atoms with E-state index >= 15 is 0 Å². The number of hydrazone groups is 1. The van der Waals surface area contributed by atoms with Gasteiger partial charge in [-0.05, 0) is 18.2 Å². The quantitative estimate of drug-likeness (QED) is 0.861. The molecular formula is C11H13N5S2. The molecule has 3 heterocycles. The zero-order chi connectivity index (χ0) is 12.1. The van der Waals surface area contributed by atoms with E-state index in [1.807, 2.05) is 24.6 Å². The monoisotopic (exact) mass is 279 g/mol. The molecule has 0 bridgehead atoms. The molecule has 18 heavy (non-hydrogen) atoms. The Morgan fingerprint density at radius 1 is 1.50 bits per heavy atom. The van der Waals surface area contributed by atoms with Crippen molar-refractivity contribution in [2.75, 3.05) is 12.4 Å². The molecule has 0 saturated heterocycles. The molecule has 1 atom stereocenters. The van der Waals surface area contributed by atoms with E-state index in [1.165, 1.54) is 18.0 Å². The van der Waals surface area contributed by atoms with E-state index in [9.17, 15) is 0 Å². The summed E-state index contributed by atoms with van der Waals surface area (Å²) in [5, 5.41) is 17.4. The van der Waals surface area contributed by atoms with Gasteiger partial charge in [-0.25, -0.2) is 9.99 Å². The summed E-state index contributed by atoms with van der Waals surface area (Å²) in [7, 11) is 1.95. The normalized spacial score (nSPS) is 25.2. The third-order valence-electron chi connectivity index (χ3n) is 3.00. The van der Waals surface area contributed by atoms with Crippen LogP contribution in [-0.4, -0.2) is 39.4 Å². The summed E-state index contributed by atoms with van der Waals surface area (Å²) in [4.78, 5) is 6.77. The number of rotatable bonds is 3. The Morgan fingerprint density at radius 3 is 3.22 bits per heavy atom. The Labute approximate surface area is 112 Å². The smallest absolute Gasteiger partial charge is 0.183 e. The molecule has 2 aliphatic heterocycles. The zero-order valence-corrected chi connectivity index (χ0v) is 11.5. The Kier molecular flexibility index (Phi) is 2.25. The molecule has 7 heteroatoms. The third kappa shape index (κ3) is 1.65. The van der Waals surface area contributed by atoms with Gasteiger partial charge in [0.05, 0.1) is 0 Å². The molecule has 1 saturated carbocycles. The Hall–Kier alpha value is -1.34. The average molecular weight is 279 g/mol. The van der Waals surface area contributed by atoms with E-state index in [4.69, 9.17) is 4.98 Å². The summed E-state index contributed by atoms with van der Waals surface area (Å²) in [6.07, 6.45) is 6.42. The van der Waals surface area contributed by atoms with Gasteiger partial charge < -0.3 is 10.2 Å². The van der Waals surface area contributed by atoms with Crippen LogP contribution in [0.2, 0.25) is 0 Å². The van der Waals surface area contributed by atoms with Crippen LogP contribution in [0, 0.1) is 0 Å². The van der Waals surface area contributed by atoms with Crippen molar-refractivity contribution in [2.24, 2.45) is 5.10 Å². The minimum Gasteiger partial charge on any atom is -0.359 e. The molecule has 1 fully saturated rings. The van der Waals surface area contributed by atoms with Crippen LogP contribution >= 0.6 is 21.8 Å². The molecule has 5 nitrogen and oxygen atoms in total. The van der Waals surface area contributed by atoms with Gasteiger partial charge in [0, 0.05) is 24.7 Å². The van der Waals surface area contributed by atoms with Gasteiger partial charge in [0.2, 0.25) is 0 Å². The van der Waals surface area contributed by atoms with Crippen molar-refractivity contribution in [3.8, 4) is 0 Å². The van der Waals surface area contributed by atoms with Crippen molar-refractivity contribution >= 4 is 38.4 Å². The van der Waals surface area contributed by atoms with Gasteiger partial charge in [-0.2, -0.15) is 5.10 Å². The Morgan fingerprint density at radius 2 is 2.39 bits per heavy atom. The molecule has 1 aromatic rings. The maximum atomic E-state index is 4.71. The highest BCUT2D eigenvalue weighted by molar-refractivity contribution is 8.18. The molecule has 1 aliphatic carbocycles. The average Bonchev–Trinajstić information content (AvgIpc) is 2.78. The molecule has 1 N–H and O–H groups in total. The minimum atomic E-state index is -0.0775. The first-order valence-electron chi connectivity index (χ1n) is 5.88. The highest BCUT2D eigenvalue weighted by Crippen LogP contribution is 2.39. The largest absolute Gasteiger partial charge is 0.359 e. The molecular weight excluding hydrogens is 266 g/mol. The summed E-state index contributed by atoms with van der Waals surface area (Å²) < 4.78 is 0. The van der Waals surface area contributed by atoms with E-state index in [0.717, 1.165) is 10.2 Å². The van der Waals surface area contributed by atoms with Crippen LogP contribution in [0.15, 0.2) is 27.1 Å². The SMILES string of the molecule is CN1C=NN2C=CS(c3csc(NC4CC4)n3)=C12. The molecule has 1 aromatic heterocycles. The first-order valence-corrected chi connectivity index (χ1v) is 8.04. The predicted octanol–water partition coefficient (Wildman–Crippen LogP) is 2.11. The number of hydrogen-bond donors (Lipinski definition) is 1. The van der Waals surface area contributed by atoms with Crippen molar-refractivity contribution in [2.45, 2.75) is 23.9 Å². The highest BCUT2D eigenvalue weighted by atomic mass is 32.2. The summed E-state index contributed by atoms with van der Waals surface area (Å²) in [6.45, 7) is 0. The maximum absolute atomic E-state index is 4.71. The number of hydrogen-bond acceptors (Lipinski definition) is 6. The van der Waals surface area contributed by atoms with Crippen LogP contribution in [0.4, 0.5) is 5.13 Å². The fraction of sp³-hybridized carbons (Fsp3) is 0.364. The van der Waals surface area contributed by atoms with Crippen LogP contribution in [0.5, 0.6) is 0 Å².